The van der Waals surface area contributed by atoms with Gasteiger partial charge in [-0.05, 0) is 99.9 Å². The van der Waals surface area contributed by atoms with Crippen LogP contribution in [-0.2, 0) is 15.6 Å². The van der Waals surface area contributed by atoms with Crippen molar-refractivity contribution >= 4 is 5.78 Å². The summed E-state index contributed by atoms with van der Waals surface area (Å²) in [5.41, 5.74) is 10.8. The standard InChI is InChI=1S/C46H60O2/c1-27-17-19-31(21-29(27)3)38-35-23-33(42(5,6)7)24-36(44(11,12)13)40(35)48-46(39(38)32-20-18-28(2)30(4)22-32)26-34(43(8,9)10)25-37(41(46)47)45(14,15)16/h17-26,38-39H,1-16H3. The third-order valence-corrected chi connectivity index (χ3v) is 10.9. The third-order valence-electron chi connectivity index (χ3n) is 10.9. The van der Waals surface area contributed by atoms with Crippen LogP contribution in [-0.4, -0.2) is 11.4 Å². The van der Waals surface area contributed by atoms with Crippen LogP contribution >= 0.6 is 0 Å². The second-order valence-electron chi connectivity index (χ2n) is 19.0. The molecular formula is C46H60O2. The Morgan fingerprint density at radius 1 is 0.604 bits per heavy atom. The Morgan fingerprint density at radius 2 is 1.15 bits per heavy atom. The first-order chi connectivity index (χ1) is 21.9. The van der Waals surface area contributed by atoms with E-state index in [2.05, 4.69) is 171 Å². The first-order valence-corrected chi connectivity index (χ1v) is 17.9. The number of fused-ring (bicyclic) bond motifs is 1. The Balaban J connectivity index is 2.04. The van der Waals surface area contributed by atoms with Gasteiger partial charge in [0.15, 0.2) is 5.60 Å². The highest BCUT2D eigenvalue weighted by Gasteiger charge is 2.58. The number of carbonyl (C=O) groups is 1. The molecule has 0 saturated carbocycles. The van der Waals surface area contributed by atoms with E-state index in [9.17, 15) is 0 Å². The van der Waals surface area contributed by atoms with Crippen molar-refractivity contribution < 1.29 is 9.53 Å². The second-order valence-corrected chi connectivity index (χ2v) is 19.0. The largest absolute Gasteiger partial charge is 0.474 e. The number of benzene rings is 3. The molecule has 0 aromatic heterocycles. The van der Waals surface area contributed by atoms with E-state index in [1.54, 1.807) is 0 Å². The fourth-order valence-electron chi connectivity index (χ4n) is 7.44. The number of allylic oxidation sites excluding steroid dienone is 2. The molecule has 0 radical (unpaired) electrons. The fraction of sp³-hybridized carbons (Fsp3) is 0.500. The van der Waals surface area contributed by atoms with E-state index < -0.39 is 5.60 Å². The predicted molar refractivity (Wildman–Crippen MR) is 204 cm³/mol. The number of rotatable bonds is 2. The van der Waals surface area contributed by atoms with E-state index in [0.717, 1.165) is 28.0 Å². The molecule has 48 heavy (non-hydrogen) atoms. The van der Waals surface area contributed by atoms with Crippen molar-refractivity contribution in [3.8, 4) is 5.75 Å². The van der Waals surface area contributed by atoms with Crippen LogP contribution in [0.3, 0.4) is 0 Å². The minimum Gasteiger partial charge on any atom is -0.474 e. The summed E-state index contributed by atoms with van der Waals surface area (Å²) < 4.78 is 7.62. The Labute approximate surface area is 292 Å². The molecule has 3 aromatic rings. The summed E-state index contributed by atoms with van der Waals surface area (Å²) in [6.07, 6.45) is 4.40. The van der Waals surface area contributed by atoms with Crippen molar-refractivity contribution in [1.29, 1.82) is 0 Å². The van der Waals surface area contributed by atoms with Gasteiger partial charge in [0.1, 0.15) is 5.75 Å². The van der Waals surface area contributed by atoms with Crippen LogP contribution in [0.4, 0.5) is 0 Å². The third kappa shape index (κ3) is 6.25. The molecule has 2 nitrogen and oxygen atoms in total. The minimum atomic E-state index is -1.25. The zero-order valence-corrected chi connectivity index (χ0v) is 32.7. The smallest absolute Gasteiger partial charge is 0.207 e. The van der Waals surface area contributed by atoms with E-state index in [4.69, 9.17) is 4.74 Å². The van der Waals surface area contributed by atoms with Crippen molar-refractivity contribution in [1.82, 2.24) is 0 Å². The van der Waals surface area contributed by atoms with Gasteiger partial charge in [0.05, 0.1) is 0 Å². The normalized spacial score (nSPS) is 21.9. The lowest BCUT2D eigenvalue weighted by molar-refractivity contribution is -0.131. The van der Waals surface area contributed by atoms with Gasteiger partial charge < -0.3 is 4.74 Å². The average molecular weight is 645 g/mol. The number of ketones is 1. The van der Waals surface area contributed by atoms with Gasteiger partial charge in [-0.2, -0.15) is 0 Å². The van der Waals surface area contributed by atoms with Gasteiger partial charge in [0, 0.05) is 28.5 Å². The van der Waals surface area contributed by atoms with Crippen LogP contribution in [0.1, 0.15) is 145 Å². The van der Waals surface area contributed by atoms with E-state index in [-0.39, 0.29) is 39.3 Å². The summed E-state index contributed by atoms with van der Waals surface area (Å²) in [6, 6.07) is 18.4. The molecule has 5 rings (SSSR count). The van der Waals surface area contributed by atoms with Crippen LogP contribution in [0, 0.1) is 38.5 Å². The predicted octanol–water partition coefficient (Wildman–Crippen LogP) is 12.1. The molecule has 0 fully saturated rings. The van der Waals surface area contributed by atoms with Crippen LogP contribution in [0.25, 0.3) is 0 Å². The molecule has 1 aliphatic heterocycles. The SMILES string of the molecule is Cc1ccc(C2c3cc(C(C)(C)C)cc(C(C)(C)C)c3OC3(C=C(C(C)(C)C)C=C(C(C)(C)C)C3=O)C2c2ccc(C)c(C)c2)cc1C. The van der Waals surface area contributed by atoms with Gasteiger partial charge in [-0.3, -0.25) is 4.79 Å². The van der Waals surface area contributed by atoms with Gasteiger partial charge in [-0.1, -0.05) is 138 Å². The molecule has 3 unspecified atom stereocenters. The summed E-state index contributed by atoms with van der Waals surface area (Å²) in [6.45, 7) is 35.6. The molecule has 0 bridgehead atoms. The maximum atomic E-state index is 15.6. The number of aryl methyl sites for hydroxylation is 4. The fourth-order valence-corrected chi connectivity index (χ4v) is 7.44. The lowest BCUT2D eigenvalue weighted by Crippen LogP contribution is -2.56. The highest BCUT2D eigenvalue weighted by Crippen LogP contribution is 2.59. The molecule has 2 heteroatoms. The monoisotopic (exact) mass is 644 g/mol. The molecule has 2 aliphatic rings. The van der Waals surface area contributed by atoms with Crippen molar-refractivity contribution in [2.75, 3.05) is 0 Å². The maximum absolute atomic E-state index is 15.6. The summed E-state index contributed by atoms with van der Waals surface area (Å²) in [4.78, 5) is 15.6. The molecule has 3 aromatic carbocycles. The highest BCUT2D eigenvalue weighted by molar-refractivity contribution is 6.07. The first-order valence-electron chi connectivity index (χ1n) is 17.9. The number of ether oxygens (including phenoxy) is 1. The molecule has 0 saturated heterocycles. The lowest BCUT2D eigenvalue weighted by atomic mass is 9.59. The molecule has 1 aliphatic carbocycles. The highest BCUT2D eigenvalue weighted by atomic mass is 16.5. The first kappa shape index (κ1) is 35.9. The summed E-state index contributed by atoms with van der Waals surface area (Å²) in [5, 5.41) is 0. The van der Waals surface area contributed by atoms with Crippen LogP contribution in [0.2, 0.25) is 0 Å². The Kier molecular flexibility index (Phi) is 8.68. The van der Waals surface area contributed by atoms with Crippen LogP contribution in [0.5, 0.6) is 5.75 Å². The number of hydrogen-bond acceptors (Lipinski definition) is 2. The summed E-state index contributed by atoms with van der Waals surface area (Å²) in [7, 11) is 0. The summed E-state index contributed by atoms with van der Waals surface area (Å²) >= 11 is 0. The van der Waals surface area contributed by atoms with Gasteiger partial charge >= 0.3 is 0 Å². The minimum absolute atomic E-state index is 0.0735. The molecular weight excluding hydrogens is 585 g/mol. The Bertz CT molecular complexity index is 1830. The van der Waals surface area contributed by atoms with Crippen molar-refractivity contribution in [2.45, 2.75) is 139 Å². The van der Waals surface area contributed by atoms with Crippen molar-refractivity contribution in [3.63, 3.8) is 0 Å². The van der Waals surface area contributed by atoms with Crippen molar-refractivity contribution in [2.24, 2.45) is 10.8 Å². The van der Waals surface area contributed by atoms with E-state index in [0.29, 0.717) is 0 Å². The molecule has 256 valence electrons. The molecule has 1 heterocycles. The maximum Gasteiger partial charge on any atom is 0.207 e. The molecule has 0 N–H and O–H groups in total. The summed E-state index contributed by atoms with van der Waals surface area (Å²) in [5.74, 6) is 0.516. The Hall–Kier alpha value is -3.39. The van der Waals surface area contributed by atoms with Crippen LogP contribution < -0.4 is 4.74 Å². The molecule has 0 amide bonds. The number of hydrogen-bond donors (Lipinski definition) is 0. The van der Waals surface area contributed by atoms with Gasteiger partial charge in [-0.25, -0.2) is 0 Å². The topological polar surface area (TPSA) is 26.3 Å². The quantitative estimate of drug-likeness (QED) is 0.277. The second kappa shape index (κ2) is 11.6. The van der Waals surface area contributed by atoms with Crippen molar-refractivity contribution in [3.05, 3.63) is 122 Å². The van der Waals surface area contributed by atoms with E-state index in [1.165, 1.54) is 38.9 Å². The van der Waals surface area contributed by atoms with Gasteiger partial charge in [0.2, 0.25) is 5.78 Å². The zero-order chi connectivity index (χ0) is 35.9. The van der Waals surface area contributed by atoms with Gasteiger partial charge in [0.25, 0.3) is 0 Å². The Morgan fingerprint density at radius 3 is 1.62 bits per heavy atom. The zero-order valence-electron chi connectivity index (χ0n) is 32.7. The molecule has 3 atom stereocenters. The molecule has 1 spiro atoms. The number of carbonyl (C=O) groups excluding carboxylic acids is 1. The van der Waals surface area contributed by atoms with E-state index in [1.807, 2.05) is 0 Å². The van der Waals surface area contributed by atoms with E-state index >= 15 is 4.79 Å². The number of Topliss-reactive ketones (excluding diaryl/α,β-unsaturated/α-hetero) is 1. The lowest BCUT2D eigenvalue weighted by Gasteiger charge is -2.51. The average Bonchev–Trinajstić information content (AvgIpc) is 2.94. The van der Waals surface area contributed by atoms with Crippen LogP contribution in [0.15, 0.2) is 71.8 Å². The van der Waals surface area contributed by atoms with Gasteiger partial charge in [-0.15, -0.1) is 0 Å².